The van der Waals surface area contributed by atoms with E-state index in [-0.39, 0.29) is 17.4 Å². The van der Waals surface area contributed by atoms with Gasteiger partial charge in [-0.2, -0.15) is 0 Å². The van der Waals surface area contributed by atoms with Crippen LogP contribution in [0.2, 0.25) is 0 Å². The van der Waals surface area contributed by atoms with Crippen LogP contribution in [0.25, 0.3) is 0 Å². The molecule has 20 heavy (non-hydrogen) atoms. The molecule has 1 N–H and O–H groups in total. The van der Waals surface area contributed by atoms with Gasteiger partial charge in [-0.3, -0.25) is 4.79 Å². The zero-order valence-corrected chi connectivity index (χ0v) is 14.2. The number of nitrogens with zero attached hydrogens (tertiary/aromatic N) is 2. The van der Waals surface area contributed by atoms with Crippen molar-refractivity contribution in [3.8, 4) is 0 Å². The summed E-state index contributed by atoms with van der Waals surface area (Å²) in [6.07, 6.45) is 5.43. The predicted molar refractivity (Wildman–Crippen MR) is 85.0 cm³/mol. The Balaban J connectivity index is 2.10. The summed E-state index contributed by atoms with van der Waals surface area (Å²) in [5.74, 6) is -0.0271. The first-order chi connectivity index (χ1) is 9.36. The van der Waals surface area contributed by atoms with Crippen molar-refractivity contribution in [1.82, 2.24) is 14.9 Å². The average molecular weight is 356 g/mol. The maximum Gasteiger partial charge on any atom is 0.261 e. The largest absolute Gasteiger partial charge is 0.346 e. The lowest BCUT2D eigenvalue weighted by Crippen LogP contribution is -2.46. The second-order valence-corrected chi connectivity index (χ2v) is 8.22. The van der Waals surface area contributed by atoms with Crippen LogP contribution >= 0.6 is 27.3 Å². The molecule has 0 saturated carbocycles. The molecule has 0 spiro atoms. The maximum absolute atomic E-state index is 12.3. The van der Waals surface area contributed by atoms with Crippen LogP contribution in [0.15, 0.2) is 34.6 Å². The molecular formula is C14H18BrN3OS. The first kappa shape index (κ1) is 15.3. The topological polar surface area (TPSA) is 46.9 Å². The van der Waals surface area contributed by atoms with E-state index in [1.54, 1.807) is 12.5 Å². The first-order valence-corrected chi connectivity index (χ1v) is 7.99. The van der Waals surface area contributed by atoms with Crippen LogP contribution in [0.5, 0.6) is 0 Å². The van der Waals surface area contributed by atoms with Crippen molar-refractivity contribution in [2.45, 2.75) is 33.4 Å². The third-order valence-electron chi connectivity index (χ3n) is 3.10. The number of imidazole rings is 1. The molecule has 2 aromatic rings. The van der Waals surface area contributed by atoms with Gasteiger partial charge in [-0.25, -0.2) is 4.98 Å². The minimum absolute atomic E-state index is 0.0271. The number of carbonyl (C=O) groups is 1. The lowest BCUT2D eigenvalue weighted by atomic mass is 9.86. The Hall–Kier alpha value is -1.14. The lowest BCUT2D eigenvalue weighted by molar-refractivity contribution is 0.0897. The summed E-state index contributed by atoms with van der Waals surface area (Å²) in [6, 6.07) is 3.76. The second kappa shape index (κ2) is 6.10. The molecule has 0 fully saturated rings. The van der Waals surface area contributed by atoms with Crippen LogP contribution in [-0.2, 0) is 6.54 Å². The molecule has 0 aliphatic carbocycles. The van der Waals surface area contributed by atoms with Gasteiger partial charge in [-0.1, -0.05) is 20.8 Å². The van der Waals surface area contributed by atoms with Gasteiger partial charge < -0.3 is 9.88 Å². The Morgan fingerprint density at radius 1 is 1.50 bits per heavy atom. The molecule has 1 atom stereocenters. The molecule has 0 radical (unpaired) electrons. The Bertz CT molecular complexity index is 572. The van der Waals surface area contributed by atoms with Gasteiger partial charge in [-0.15, -0.1) is 11.3 Å². The molecule has 0 aliphatic heterocycles. The van der Waals surface area contributed by atoms with Gasteiger partial charge >= 0.3 is 0 Å². The Kier molecular flexibility index (Phi) is 4.65. The highest BCUT2D eigenvalue weighted by atomic mass is 79.9. The molecule has 2 heterocycles. The standard InChI is InChI=1S/C14H18BrN3OS/c1-14(2,3)11(8-18-7-6-16-9-18)17-13(19)10-4-5-12(15)20-10/h4-7,9,11H,8H2,1-3H3,(H,17,19). The molecule has 6 heteroatoms. The van der Waals surface area contributed by atoms with Gasteiger partial charge in [0, 0.05) is 18.9 Å². The van der Waals surface area contributed by atoms with Crippen molar-refractivity contribution in [3.05, 3.63) is 39.5 Å². The van der Waals surface area contributed by atoms with E-state index in [1.165, 1.54) is 11.3 Å². The van der Waals surface area contributed by atoms with E-state index in [4.69, 9.17) is 0 Å². The van der Waals surface area contributed by atoms with E-state index in [0.717, 1.165) is 8.66 Å². The number of halogens is 1. The molecule has 2 aromatic heterocycles. The molecule has 0 aliphatic rings. The van der Waals surface area contributed by atoms with Crippen LogP contribution in [0.3, 0.4) is 0 Å². The Labute approximate surface area is 131 Å². The highest BCUT2D eigenvalue weighted by molar-refractivity contribution is 9.11. The maximum atomic E-state index is 12.3. The third kappa shape index (κ3) is 3.93. The van der Waals surface area contributed by atoms with Crippen molar-refractivity contribution < 1.29 is 4.79 Å². The smallest absolute Gasteiger partial charge is 0.261 e. The summed E-state index contributed by atoms with van der Waals surface area (Å²) in [6.45, 7) is 7.08. The molecule has 4 nitrogen and oxygen atoms in total. The van der Waals surface area contributed by atoms with Gasteiger partial charge in [0.15, 0.2) is 0 Å². The van der Waals surface area contributed by atoms with Gasteiger partial charge in [0.25, 0.3) is 5.91 Å². The fraction of sp³-hybridized carbons (Fsp3) is 0.429. The highest BCUT2D eigenvalue weighted by Gasteiger charge is 2.27. The van der Waals surface area contributed by atoms with E-state index in [2.05, 4.69) is 47.0 Å². The van der Waals surface area contributed by atoms with E-state index in [9.17, 15) is 4.79 Å². The summed E-state index contributed by atoms with van der Waals surface area (Å²) in [5.41, 5.74) is -0.0333. The summed E-state index contributed by atoms with van der Waals surface area (Å²) in [4.78, 5) is 17.1. The zero-order chi connectivity index (χ0) is 14.8. The number of thiophene rings is 1. The molecule has 0 saturated heterocycles. The molecule has 1 amide bonds. The minimum atomic E-state index is -0.0333. The van der Waals surface area contributed by atoms with E-state index < -0.39 is 0 Å². The Morgan fingerprint density at radius 3 is 2.75 bits per heavy atom. The van der Waals surface area contributed by atoms with Crippen molar-refractivity contribution in [2.75, 3.05) is 0 Å². The molecular weight excluding hydrogens is 338 g/mol. The lowest BCUT2D eigenvalue weighted by Gasteiger charge is -2.31. The van der Waals surface area contributed by atoms with Crippen molar-refractivity contribution in [1.29, 1.82) is 0 Å². The number of rotatable bonds is 4. The fourth-order valence-electron chi connectivity index (χ4n) is 1.81. The molecule has 0 bridgehead atoms. The van der Waals surface area contributed by atoms with Crippen LogP contribution < -0.4 is 5.32 Å². The van der Waals surface area contributed by atoms with Gasteiger partial charge in [0.05, 0.1) is 21.0 Å². The van der Waals surface area contributed by atoms with Crippen LogP contribution in [-0.4, -0.2) is 21.5 Å². The average Bonchev–Trinajstić information content (AvgIpc) is 2.98. The second-order valence-electron chi connectivity index (χ2n) is 5.76. The normalized spacial score (nSPS) is 13.2. The number of carbonyl (C=O) groups excluding carboxylic acids is 1. The summed E-state index contributed by atoms with van der Waals surface area (Å²) < 4.78 is 2.95. The fourth-order valence-corrected chi connectivity index (χ4v) is 3.10. The summed E-state index contributed by atoms with van der Waals surface area (Å²) in [7, 11) is 0. The summed E-state index contributed by atoms with van der Waals surface area (Å²) in [5, 5.41) is 3.13. The number of nitrogens with one attached hydrogen (secondary N) is 1. The quantitative estimate of drug-likeness (QED) is 0.911. The first-order valence-electron chi connectivity index (χ1n) is 6.38. The van der Waals surface area contributed by atoms with Gasteiger partial charge in [-0.05, 0) is 33.5 Å². The van der Waals surface area contributed by atoms with E-state index in [1.807, 2.05) is 22.9 Å². The minimum Gasteiger partial charge on any atom is -0.346 e. The van der Waals surface area contributed by atoms with Crippen LogP contribution in [0.4, 0.5) is 0 Å². The number of hydrogen-bond donors (Lipinski definition) is 1. The van der Waals surface area contributed by atoms with Gasteiger partial charge in [0.1, 0.15) is 0 Å². The summed E-state index contributed by atoms with van der Waals surface area (Å²) >= 11 is 4.82. The number of amides is 1. The predicted octanol–water partition coefficient (Wildman–Crippen LogP) is 3.55. The van der Waals surface area contributed by atoms with Crippen LogP contribution in [0, 0.1) is 5.41 Å². The van der Waals surface area contributed by atoms with Crippen LogP contribution in [0.1, 0.15) is 30.4 Å². The molecule has 108 valence electrons. The molecule has 0 aromatic carbocycles. The van der Waals surface area contributed by atoms with Gasteiger partial charge in [0.2, 0.25) is 0 Å². The monoisotopic (exact) mass is 355 g/mol. The van der Waals surface area contributed by atoms with E-state index in [0.29, 0.717) is 6.54 Å². The van der Waals surface area contributed by atoms with E-state index >= 15 is 0 Å². The highest BCUT2D eigenvalue weighted by Crippen LogP contribution is 2.24. The van der Waals surface area contributed by atoms with Crippen molar-refractivity contribution in [3.63, 3.8) is 0 Å². The molecule has 2 rings (SSSR count). The van der Waals surface area contributed by atoms with Crippen molar-refractivity contribution in [2.24, 2.45) is 5.41 Å². The Morgan fingerprint density at radius 2 is 2.25 bits per heavy atom. The SMILES string of the molecule is CC(C)(C)C(Cn1ccnc1)NC(=O)c1ccc(Br)s1. The number of aromatic nitrogens is 2. The molecule has 1 unspecified atom stereocenters. The zero-order valence-electron chi connectivity index (χ0n) is 11.8. The number of hydrogen-bond acceptors (Lipinski definition) is 3. The third-order valence-corrected chi connectivity index (χ3v) is 4.72. The van der Waals surface area contributed by atoms with Crippen molar-refractivity contribution >= 4 is 33.2 Å².